The summed E-state index contributed by atoms with van der Waals surface area (Å²) in [6, 6.07) is 24.8. The van der Waals surface area contributed by atoms with Gasteiger partial charge in [-0.3, -0.25) is 9.59 Å². The summed E-state index contributed by atoms with van der Waals surface area (Å²) in [5.41, 5.74) is 2.95. The minimum atomic E-state index is -0.482. The minimum absolute atomic E-state index is 0.158. The van der Waals surface area contributed by atoms with Gasteiger partial charge in [0.1, 0.15) is 11.5 Å². The van der Waals surface area contributed by atoms with Crippen LogP contribution in [0.25, 0.3) is 22.3 Å². The maximum absolute atomic E-state index is 13.6. The van der Waals surface area contributed by atoms with E-state index in [2.05, 4.69) is 0 Å². The van der Waals surface area contributed by atoms with Gasteiger partial charge in [-0.05, 0) is 34.4 Å². The summed E-state index contributed by atoms with van der Waals surface area (Å²) in [4.78, 5) is 27.2. The molecule has 0 aromatic heterocycles. The summed E-state index contributed by atoms with van der Waals surface area (Å²) in [5, 5.41) is 20.7. The first-order valence-corrected chi connectivity index (χ1v) is 9.50. The van der Waals surface area contributed by atoms with E-state index >= 15 is 0 Å². The van der Waals surface area contributed by atoms with Crippen LogP contribution in [0.3, 0.4) is 0 Å². The van der Waals surface area contributed by atoms with Crippen molar-refractivity contribution in [3.63, 3.8) is 0 Å². The number of aromatic hydroxyl groups is 2. The molecule has 0 saturated carbocycles. The largest absolute Gasteiger partial charge is 0.507 e. The van der Waals surface area contributed by atoms with E-state index < -0.39 is 11.6 Å². The highest BCUT2D eigenvalue weighted by atomic mass is 16.3. The number of ketones is 2. The van der Waals surface area contributed by atoms with Gasteiger partial charge in [0.2, 0.25) is 0 Å². The zero-order valence-electron chi connectivity index (χ0n) is 15.8. The van der Waals surface area contributed by atoms with Crippen LogP contribution < -0.4 is 0 Å². The maximum atomic E-state index is 13.6. The molecule has 5 rings (SSSR count). The van der Waals surface area contributed by atoms with Crippen LogP contribution in [0.4, 0.5) is 0 Å². The molecule has 4 aromatic rings. The fourth-order valence-corrected chi connectivity index (χ4v) is 4.08. The van der Waals surface area contributed by atoms with Crippen molar-refractivity contribution in [2.24, 2.45) is 0 Å². The number of benzene rings is 4. The van der Waals surface area contributed by atoms with Crippen LogP contribution in [-0.2, 0) is 0 Å². The van der Waals surface area contributed by atoms with Gasteiger partial charge in [-0.1, -0.05) is 72.8 Å². The van der Waals surface area contributed by atoms with Gasteiger partial charge in [0.05, 0.1) is 11.1 Å². The van der Waals surface area contributed by atoms with Gasteiger partial charge in [-0.2, -0.15) is 0 Å². The molecule has 4 nitrogen and oxygen atoms in total. The second-order valence-corrected chi connectivity index (χ2v) is 7.15. The zero-order valence-corrected chi connectivity index (χ0v) is 15.8. The highest BCUT2D eigenvalue weighted by molar-refractivity contribution is 6.33. The monoisotopic (exact) mass is 392 g/mol. The van der Waals surface area contributed by atoms with Crippen LogP contribution in [-0.4, -0.2) is 21.8 Å². The topological polar surface area (TPSA) is 74.6 Å². The molecule has 0 spiro atoms. The van der Waals surface area contributed by atoms with Gasteiger partial charge < -0.3 is 10.2 Å². The lowest BCUT2D eigenvalue weighted by molar-refractivity contribution is 0.0975. The van der Waals surface area contributed by atoms with Gasteiger partial charge in [0, 0.05) is 11.1 Å². The summed E-state index contributed by atoms with van der Waals surface area (Å²) >= 11 is 0. The molecule has 0 atom stereocenters. The molecular formula is C26H16O4. The molecule has 4 aromatic carbocycles. The Labute approximate surface area is 172 Å². The van der Waals surface area contributed by atoms with E-state index in [0.29, 0.717) is 11.1 Å². The molecule has 2 N–H and O–H groups in total. The smallest absolute Gasteiger partial charge is 0.199 e. The Kier molecular flexibility index (Phi) is 4.00. The Morgan fingerprint density at radius 3 is 1.17 bits per heavy atom. The van der Waals surface area contributed by atoms with Crippen molar-refractivity contribution in [1.29, 1.82) is 0 Å². The van der Waals surface area contributed by atoms with E-state index in [4.69, 9.17) is 0 Å². The molecular weight excluding hydrogens is 376 g/mol. The molecule has 0 heterocycles. The van der Waals surface area contributed by atoms with E-state index in [-0.39, 0.29) is 33.8 Å². The fraction of sp³-hybridized carbons (Fsp3) is 0. The van der Waals surface area contributed by atoms with Crippen LogP contribution in [0.1, 0.15) is 31.8 Å². The third-order valence-electron chi connectivity index (χ3n) is 5.44. The normalized spacial score (nSPS) is 12.4. The summed E-state index contributed by atoms with van der Waals surface area (Å²) in [5.74, 6) is -1.61. The van der Waals surface area contributed by atoms with Crippen molar-refractivity contribution in [2.75, 3.05) is 0 Å². The number of hydrogen-bond donors (Lipinski definition) is 2. The van der Waals surface area contributed by atoms with Crippen LogP contribution in [0.5, 0.6) is 11.5 Å². The summed E-state index contributed by atoms with van der Waals surface area (Å²) in [6.07, 6.45) is 0. The Hall–Kier alpha value is -4.18. The molecule has 0 amide bonds. The number of rotatable bonds is 2. The molecule has 0 bridgehead atoms. The predicted octanol–water partition coefficient (Wildman–Crippen LogP) is 5.21. The Morgan fingerprint density at radius 1 is 0.433 bits per heavy atom. The number of fused-ring (bicyclic) bond motifs is 2. The maximum Gasteiger partial charge on any atom is 0.199 e. The van der Waals surface area contributed by atoms with Gasteiger partial charge in [0.15, 0.2) is 11.6 Å². The first-order valence-electron chi connectivity index (χ1n) is 9.50. The van der Waals surface area contributed by atoms with Crippen molar-refractivity contribution in [1.82, 2.24) is 0 Å². The third kappa shape index (κ3) is 2.54. The quantitative estimate of drug-likeness (QED) is 0.405. The van der Waals surface area contributed by atoms with Crippen LogP contribution in [0, 0.1) is 0 Å². The lowest BCUT2D eigenvalue weighted by atomic mass is 9.76. The van der Waals surface area contributed by atoms with E-state index in [1.54, 1.807) is 0 Å². The molecule has 4 heteroatoms. The standard InChI is InChI=1S/C26H16O4/c27-19-13-14-20(28)24-23(19)25(29)21-17(15-7-3-1-4-8-15)11-12-18(22(21)26(24)30)16-9-5-2-6-10-16/h1-14,27-28H. The first kappa shape index (κ1) is 17.9. The van der Waals surface area contributed by atoms with E-state index in [0.717, 1.165) is 11.1 Å². The number of phenols is 2. The van der Waals surface area contributed by atoms with Crippen molar-refractivity contribution >= 4 is 11.6 Å². The summed E-state index contributed by atoms with van der Waals surface area (Å²) in [7, 11) is 0. The van der Waals surface area contributed by atoms with Crippen LogP contribution in [0.15, 0.2) is 84.9 Å². The number of hydrogen-bond acceptors (Lipinski definition) is 4. The summed E-state index contributed by atoms with van der Waals surface area (Å²) < 4.78 is 0. The molecule has 1 aliphatic rings. The molecule has 0 radical (unpaired) electrons. The highest BCUT2D eigenvalue weighted by Crippen LogP contribution is 2.44. The number of phenolic OH excluding ortho intramolecular Hbond substituents is 2. The van der Waals surface area contributed by atoms with E-state index in [1.807, 2.05) is 72.8 Å². The molecule has 0 saturated heterocycles. The minimum Gasteiger partial charge on any atom is -0.507 e. The first-order chi connectivity index (χ1) is 14.6. The van der Waals surface area contributed by atoms with Gasteiger partial charge in [-0.15, -0.1) is 0 Å². The predicted molar refractivity (Wildman–Crippen MR) is 114 cm³/mol. The van der Waals surface area contributed by atoms with E-state index in [1.165, 1.54) is 12.1 Å². The Morgan fingerprint density at radius 2 is 0.800 bits per heavy atom. The lowest BCUT2D eigenvalue weighted by Gasteiger charge is -2.24. The average molecular weight is 392 g/mol. The second kappa shape index (κ2) is 6.71. The van der Waals surface area contributed by atoms with Crippen LogP contribution >= 0.6 is 0 Å². The van der Waals surface area contributed by atoms with Gasteiger partial charge in [-0.25, -0.2) is 0 Å². The van der Waals surface area contributed by atoms with Gasteiger partial charge >= 0.3 is 0 Å². The molecule has 0 fully saturated rings. The third-order valence-corrected chi connectivity index (χ3v) is 5.44. The molecule has 1 aliphatic carbocycles. The number of carbonyl (C=O) groups is 2. The fourth-order valence-electron chi connectivity index (χ4n) is 4.08. The second-order valence-electron chi connectivity index (χ2n) is 7.15. The lowest BCUT2D eigenvalue weighted by Crippen LogP contribution is -2.23. The number of carbonyl (C=O) groups excluding carboxylic acids is 2. The highest BCUT2D eigenvalue weighted by Gasteiger charge is 2.38. The SMILES string of the molecule is O=C1c2c(O)ccc(O)c2C(=O)c2c(-c3ccccc3)ccc(-c3ccccc3)c21. The van der Waals surface area contributed by atoms with Crippen molar-refractivity contribution in [3.8, 4) is 33.8 Å². The van der Waals surface area contributed by atoms with Crippen molar-refractivity contribution in [3.05, 3.63) is 107 Å². The average Bonchev–Trinajstić information content (AvgIpc) is 2.79. The molecule has 0 unspecified atom stereocenters. The van der Waals surface area contributed by atoms with Crippen LogP contribution in [0.2, 0.25) is 0 Å². The Bertz CT molecular complexity index is 1220. The van der Waals surface area contributed by atoms with E-state index in [9.17, 15) is 19.8 Å². The Balaban J connectivity index is 1.90. The van der Waals surface area contributed by atoms with Crippen molar-refractivity contribution in [2.45, 2.75) is 0 Å². The zero-order chi connectivity index (χ0) is 20.8. The molecule has 30 heavy (non-hydrogen) atoms. The molecule has 144 valence electrons. The van der Waals surface area contributed by atoms with Gasteiger partial charge in [0.25, 0.3) is 0 Å². The molecule has 0 aliphatic heterocycles. The summed E-state index contributed by atoms with van der Waals surface area (Å²) in [6.45, 7) is 0. The van der Waals surface area contributed by atoms with Crippen molar-refractivity contribution < 1.29 is 19.8 Å².